The highest BCUT2D eigenvalue weighted by Crippen LogP contribution is 2.24. The van der Waals surface area contributed by atoms with Crippen molar-refractivity contribution in [1.82, 2.24) is 19.1 Å². The van der Waals surface area contributed by atoms with Crippen molar-refractivity contribution in [3.8, 4) is 0 Å². The van der Waals surface area contributed by atoms with E-state index in [2.05, 4.69) is 5.32 Å². The van der Waals surface area contributed by atoms with E-state index >= 15 is 0 Å². The average Bonchev–Trinajstić information content (AvgIpc) is 3.11. The molecule has 0 saturated carbocycles. The first-order chi connectivity index (χ1) is 13.3. The van der Waals surface area contributed by atoms with Crippen LogP contribution in [0.25, 0.3) is 0 Å². The molecule has 2 amide bonds. The number of aryl methyl sites for hydroxylation is 1. The number of aromatic nitrogens is 1. The van der Waals surface area contributed by atoms with Crippen LogP contribution in [0.3, 0.4) is 0 Å². The minimum atomic E-state index is -3.58. The Labute approximate surface area is 166 Å². The van der Waals surface area contributed by atoms with E-state index in [0.717, 1.165) is 32.1 Å². The first kappa shape index (κ1) is 20.9. The first-order valence-electron chi connectivity index (χ1n) is 10.1. The Balaban J connectivity index is 1.76. The molecule has 28 heavy (non-hydrogen) atoms. The summed E-state index contributed by atoms with van der Waals surface area (Å²) < 4.78 is 28.9. The first-order valence-corrected chi connectivity index (χ1v) is 11.5. The average molecular weight is 411 g/mol. The van der Waals surface area contributed by atoms with Gasteiger partial charge in [-0.15, -0.1) is 0 Å². The smallest absolute Gasteiger partial charge is 0.270 e. The highest BCUT2D eigenvalue weighted by molar-refractivity contribution is 7.89. The maximum absolute atomic E-state index is 13.0. The molecule has 1 unspecified atom stereocenters. The molecule has 2 aliphatic heterocycles. The number of nitrogens with zero attached hydrogens (tertiary/aromatic N) is 3. The topological polar surface area (TPSA) is 91.7 Å². The molecule has 1 atom stereocenters. The van der Waals surface area contributed by atoms with Gasteiger partial charge in [0.25, 0.3) is 5.91 Å². The van der Waals surface area contributed by atoms with Gasteiger partial charge in [-0.2, -0.15) is 4.31 Å². The minimum Gasteiger partial charge on any atom is -0.356 e. The summed E-state index contributed by atoms with van der Waals surface area (Å²) in [5.74, 6) is -0.466. The Kier molecular flexibility index (Phi) is 6.44. The Morgan fingerprint density at radius 3 is 2.54 bits per heavy atom. The van der Waals surface area contributed by atoms with E-state index in [4.69, 9.17) is 0 Å². The molecule has 0 bridgehead atoms. The van der Waals surface area contributed by atoms with E-state index in [-0.39, 0.29) is 22.6 Å². The zero-order chi connectivity index (χ0) is 20.3. The van der Waals surface area contributed by atoms with E-state index in [1.807, 2.05) is 6.92 Å². The highest BCUT2D eigenvalue weighted by atomic mass is 32.2. The van der Waals surface area contributed by atoms with Gasteiger partial charge in [0.05, 0.1) is 5.92 Å². The number of sulfonamides is 1. The van der Waals surface area contributed by atoms with Crippen molar-refractivity contribution in [2.45, 2.75) is 43.9 Å². The third kappa shape index (κ3) is 4.25. The molecule has 9 heteroatoms. The van der Waals surface area contributed by atoms with Crippen LogP contribution >= 0.6 is 0 Å². The lowest BCUT2D eigenvalue weighted by Gasteiger charge is -2.32. The zero-order valence-corrected chi connectivity index (χ0v) is 17.5. The largest absolute Gasteiger partial charge is 0.356 e. The summed E-state index contributed by atoms with van der Waals surface area (Å²) in [5, 5.41) is 2.82. The standard InChI is InChI=1S/C19H30N4O4S/c1-3-20-18(24)15-8-7-9-22(13-15)19(25)17-12-16(14-21(17)2)28(26,27)23-10-5-4-6-11-23/h12,14-15H,3-11,13H2,1-2H3,(H,20,24). The summed E-state index contributed by atoms with van der Waals surface area (Å²) >= 11 is 0. The minimum absolute atomic E-state index is 0.0275. The molecule has 0 aliphatic carbocycles. The van der Waals surface area contributed by atoms with E-state index in [0.29, 0.717) is 38.4 Å². The predicted molar refractivity (Wildman–Crippen MR) is 105 cm³/mol. The molecule has 0 radical (unpaired) electrons. The van der Waals surface area contributed by atoms with Gasteiger partial charge in [-0.05, 0) is 38.7 Å². The number of rotatable bonds is 5. The van der Waals surface area contributed by atoms with Crippen LogP contribution in [0, 0.1) is 5.92 Å². The predicted octanol–water partition coefficient (Wildman–Crippen LogP) is 1.19. The number of carbonyl (C=O) groups excluding carboxylic acids is 2. The van der Waals surface area contributed by atoms with Crippen LogP contribution in [0.5, 0.6) is 0 Å². The maximum Gasteiger partial charge on any atom is 0.270 e. The van der Waals surface area contributed by atoms with Crippen molar-refractivity contribution in [1.29, 1.82) is 0 Å². The second-order valence-corrected chi connectivity index (χ2v) is 9.56. The van der Waals surface area contributed by atoms with Crippen LogP contribution in [-0.4, -0.2) is 66.7 Å². The molecule has 0 spiro atoms. The number of nitrogens with one attached hydrogen (secondary N) is 1. The lowest BCUT2D eigenvalue weighted by Crippen LogP contribution is -2.45. The Morgan fingerprint density at radius 2 is 1.86 bits per heavy atom. The summed E-state index contributed by atoms with van der Waals surface area (Å²) in [6.07, 6.45) is 5.82. The third-order valence-electron chi connectivity index (χ3n) is 5.58. The number of hydrogen-bond acceptors (Lipinski definition) is 4. The van der Waals surface area contributed by atoms with E-state index in [1.165, 1.54) is 16.6 Å². The molecular weight excluding hydrogens is 380 g/mol. The van der Waals surface area contributed by atoms with E-state index in [9.17, 15) is 18.0 Å². The highest BCUT2D eigenvalue weighted by Gasteiger charge is 2.32. The summed E-state index contributed by atoms with van der Waals surface area (Å²) in [6.45, 7) is 4.44. The van der Waals surface area contributed by atoms with Crippen LogP contribution < -0.4 is 5.32 Å². The molecule has 1 aromatic rings. The van der Waals surface area contributed by atoms with Gasteiger partial charge in [0.2, 0.25) is 15.9 Å². The fraction of sp³-hybridized carbons (Fsp3) is 0.684. The van der Waals surface area contributed by atoms with E-state index < -0.39 is 10.0 Å². The molecule has 2 fully saturated rings. The molecule has 156 valence electrons. The number of carbonyl (C=O) groups is 2. The van der Waals surface area contributed by atoms with Crippen molar-refractivity contribution in [3.05, 3.63) is 18.0 Å². The van der Waals surface area contributed by atoms with Gasteiger partial charge >= 0.3 is 0 Å². The third-order valence-corrected chi connectivity index (χ3v) is 7.45. The second-order valence-electron chi connectivity index (χ2n) is 7.62. The molecule has 0 aromatic carbocycles. The van der Waals surface area contributed by atoms with Crippen LogP contribution in [0.4, 0.5) is 0 Å². The Bertz CT molecular complexity index is 827. The molecular formula is C19H30N4O4S. The monoisotopic (exact) mass is 410 g/mol. The zero-order valence-electron chi connectivity index (χ0n) is 16.7. The fourth-order valence-corrected chi connectivity index (χ4v) is 5.59. The fourth-order valence-electron chi connectivity index (χ4n) is 4.00. The summed E-state index contributed by atoms with van der Waals surface area (Å²) in [7, 11) is -1.89. The lowest BCUT2D eigenvalue weighted by molar-refractivity contribution is -0.126. The van der Waals surface area contributed by atoms with Crippen LogP contribution in [-0.2, 0) is 21.9 Å². The maximum atomic E-state index is 13.0. The second kappa shape index (κ2) is 8.65. The number of amides is 2. The van der Waals surface area contributed by atoms with Gasteiger partial charge < -0.3 is 14.8 Å². The summed E-state index contributed by atoms with van der Waals surface area (Å²) in [6, 6.07) is 1.47. The quantitative estimate of drug-likeness (QED) is 0.789. The van der Waals surface area contributed by atoms with Crippen LogP contribution in [0.1, 0.15) is 49.5 Å². The Hall–Kier alpha value is -1.87. The van der Waals surface area contributed by atoms with Gasteiger partial charge in [0, 0.05) is 46.0 Å². The van der Waals surface area contributed by atoms with Crippen LogP contribution in [0.2, 0.25) is 0 Å². The molecule has 3 heterocycles. The van der Waals surface area contributed by atoms with Crippen molar-refractivity contribution in [3.63, 3.8) is 0 Å². The van der Waals surface area contributed by atoms with Crippen molar-refractivity contribution in [2.75, 3.05) is 32.7 Å². The van der Waals surface area contributed by atoms with Crippen molar-refractivity contribution >= 4 is 21.8 Å². The lowest BCUT2D eigenvalue weighted by atomic mass is 9.97. The van der Waals surface area contributed by atoms with Crippen molar-refractivity contribution < 1.29 is 18.0 Å². The van der Waals surface area contributed by atoms with Crippen molar-refractivity contribution in [2.24, 2.45) is 13.0 Å². The van der Waals surface area contributed by atoms with Crippen LogP contribution in [0.15, 0.2) is 17.2 Å². The molecule has 8 nitrogen and oxygen atoms in total. The van der Waals surface area contributed by atoms with Gasteiger partial charge in [0.1, 0.15) is 10.6 Å². The van der Waals surface area contributed by atoms with Gasteiger partial charge in [-0.1, -0.05) is 6.42 Å². The molecule has 2 aliphatic rings. The summed E-state index contributed by atoms with van der Waals surface area (Å²) in [4.78, 5) is 27.0. The van der Waals surface area contributed by atoms with E-state index in [1.54, 1.807) is 16.5 Å². The number of piperidine rings is 2. The van der Waals surface area contributed by atoms with Gasteiger partial charge in [0.15, 0.2) is 0 Å². The summed E-state index contributed by atoms with van der Waals surface area (Å²) in [5.41, 5.74) is 0.340. The number of likely N-dealkylation sites (tertiary alicyclic amines) is 1. The molecule has 1 N–H and O–H groups in total. The molecule has 2 saturated heterocycles. The molecule has 3 rings (SSSR count). The SMILES string of the molecule is CCNC(=O)C1CCCN(C(=O)c2cc(S(=O)(=O)N3CCCCC3)cn2C)C1. The normalized spacial score (nSPS) is 21.5. The Morgan fingerprint density at radius 1 is 1.14 bits per heavy atom. The van der Waals surface area contributed by atoms with Gasteiger partial charge in [-0.25, -0.2) is 8.42 Å². The number of hydrogen-bond donors (Lipinski definition) is 1. The van der Waals surface area contributed by atoms with Gasteiger partial charge in [-0.3, -0.25) is 9.59 Å². The molecule has 1 aromatic heterocycles.